The van der Waals surface area contributed by atoms with E-state index in [0.29, 0.717) is 24.4 Å². The lowest BCUT2D eigenvalue weighted by atomic mass is 10.1. The highest BCUT2D eigenvalue weighted by Crippen LogP contribution is 2.19. The summed E-state index contributed by atoms with van der Waals surface area (Å²) in [6, 6.07) is 15.0. The first-order chi connectivity index (χ1) is 13.8. The molecule has 0 unspecified atom stereocenters. The Hall–Kier alpha value is -2.33. The summed E-state index contributed by atoms with van der Waals surface area (Å²) >= 11 is 6.24. The highest BCUT2D eigenvalue weighted by Gasteiger charge is 2.27. The molecule has 4 nitrogen and oxygen atoms in total. The van der Waals surface area contributed by atoms with Gasteiger partial charge in [-0.15, -0.1) is 0 Å². The predicted octanol–water partition coefficient (Wildman–Crippen LogP) is 4.91. The van der Waals surface area contributed by atoms with Crippen molar-refractivity contribution < 1.29 is 9.59 Å². The van der Waals surface area contributed by atoms with Crippen LogP contribution in [0.1, 0.15) is 50.3 Å². The van der Waals surface area contributed by atoms with Crippen molar-refractivity contribution in [3.63, 3.8) is 0 Å². The Morgan fingerprint density at radius 2 is 1.66 bits per heavy atom. The summed E-state index contributed by atoms with van der Waals surface area (Å²) in [7, 11) is 0. The topological polar surface area (TPSA) is 49.4 Å². The van der Waals surface area contributed by atoms with Gasteiger partial charge >= 0.3 is 0 Å². The molecule has 0 fully saturated rings. The van der Waals surface area contributed by atoms with Crippen molar-refractivity contribution in [3.8, 4) is 0 Å². The summed E-state index contributed by atoms with van der Waals surface area (Å²) < 4.78 is 0. The standard InChI is InChI=1S/C24H31ClN2O2/c1-5-18(3)26-24(29)19(4)27(16-21-12-7-6-10-17(21)2)23(28)15-14-20-11-8-9-13-22(20)25/h6-13,18-19H,5,14-16H2,1-4H3,(H,26,29)/t18-,19+/m1/s1. The van der Waals surface area contributed by atoms with Gasteiger partial charge < -0.3 is 10.2 Å². The highest BCUT2D eigenvalue weighted by atomic mass is 35.5. The molecule has 0 bridgehead atoms. The molecule has 29 heavy (non-hydrogen) atoms. The number of halogens is 1. The summed E-state index contributed by atoms with van der Waals surface area (Å²) in [5.74, 6) is -0.181. The van der Waals surface area contributed by atoms with Crippen molar-refractivity contribution in [2.45, 2.75) is 65.6 Å². The molecular formula is C24H31ClN2O2. The van der Waals surface area contributed by atoms with Crippen LogP contribution in [0.15, 0.2) is 48.5 Å². The monoisotopic (exact) mass is 414 g/mol. The SMILES string of the molecule is CC[C@@H](C)NC(=O)[C@H](C)N(Cc1ccccc1C)C(=O)CCc1ccccc1Cl. The fourth-order valence-corrected chi connectivity index (χ4v) is 3.34. The van der Waals surface area contributed by atoms with Gasteiger partial charge in [0.05, 0.1) is 0 Å². The Labute approximate surface area is 179 Å². The molecule has 2 aromatic rings. The molecule has 0 aliphatic rings. The van der Waals surface area contributed by atoms with Gasteiger partial charge in [0.15, 0.2) is 0 Å². The van der Waals surface area contributed by atoms with Gasteiger partial charge in [0.1, 0.15) is 6.04 Å². The summed E-state index contributed by atoms with van der Waals surface area (Å²) in [5.41, 5.74) is 3.09. The number of carbonyl (C=O) groups excluding carboxylic acids is 2. The van der Waals surface area contributed by atoms with Gasteiger partial charge in [0.2, 0.25) is 11.8 Å². The Morgan fingerprint density at radius 1 is 1.03 bits per heavy atom. The first-order valence-electron chi connectivity index (χ1n) is 10.2. The van der Waals surface area contributed by atoms with Crippen LogP contribution < -0.4 is 5.32 Å². The summed E-state index contributed by atoms with van der Waals surface area (Å²) in [6.45, 7) is 8.21. The maximum Gasteiger partial charge on any atom is 0.242 e. The summed E-state index contributed by atoms with van der Waals surface area (Å²) in [6.07, 6.45) is 1.69. The van der Waals surface area contributed by atoms with Crippen LogP contribution in [0.25, 0.3) is 0 Å². The highest BCUT2D eigenvalue weighted by molar-refractivity contribution is 6.31. The number of hydrogen-bond donors (Lipinski definition) is 1. The molecule has 2 rings (SSSR count). The van der Waals surface area contributed by atoms with E-state index in [2.05, 4.69) is 5.32 Å². The molecule has 2 atom stereocenters. The fourth-order valence-electron chi connectivity index (χ4n) is 3.11. The molecule has 0 saturated carbocycles. The first-order valence-corrected chi connectivity index (χ1v) is 10.6. The van der Waals surface area contributed by atoms with E-state index in [-0.39, 0.29) is 17.9 Å². The molecule has 156 valence electrons. The quantitative estimate of drug-likeness (QED) is 0.633. The van der Waals surface area contributed by atoms with Crippen molar-refractivity contribution in [2.24, 2.45) is 0 Å². The van der Waals surface area contributed by atoms with Gasteiger partial charge in [-0.05, 0) is 56.4 Å². The van der Waals surface area contributed by atoms with Crippen molar-refractivity contribution in [1.82, 2.24) is 10.2 Å². The maximum absolute atomic E-state index is 13.1. The number of benzene rings is 2. The van der Waals surface area contributed by atoms with Crippen LogP contribution in [0, 0.1) is 6.92 Å². The second-order valence-electron chi connectivity index (χ2n) is 7.53. The molecule has 0 radical (unpaired) electrons. The average molecular weight is 415 g/mol. The molecule has 1 N–H and O–H groups in total. The van der Waals surface area contributed by atoms with E-state index in [1.54, 1.807) is 11.8 Å². The number of amides is 2. The van der Waals surface area contributed by atoms with E-state index >= 15 is 0 Å². The largest absolute Gasteiger partial charge is 0.352 e. The van der Waals surface area contributed by atoms with Gasteiger partial charge in [-0.2, -0.15) is 0 Å². The molecule has 2 aromatic carbocycles. The lowest BCUT2D eigenvalue weighted by molar-refractivity contribution is -0.140. The lowest BCUT2D eigenvalue weighted by Gasteiger charge is -2.30. The van der Waals surface area contributed by atoms with Gasteiger partial charge in [-0.3, -0.25) is 9.59 Å². The Bertz CT molecular complexity index is 837. The first kappa shape index (κ1) is 23.0. The third-order valence-corrected chi connectivity index (χ3v) is 5.71. The third-order valence-electron chi connectivity index (χ3n) is 5.34. The molecule has 0 heterocycles. The number of aryl methyl sites for hydroxylation is 2. The minimum atomic E-state index is -0.553. The molecule has 0 aromatic heterocycles. The van der Waals surface area contributed by atoms with Crippen molar-refractivity contribution in [1.29, 1.82) is 0 Å². The minimum Gasteiger partial charge on any atom is -0.352 e. The van der Waals surface area contributed by atoms with Gasteiger partial charge in [0.25, 0.3) is 0 Å². The minimum absolute atomic E-state index is 0.0556. The molecule has 5 heteroatoms. The van der Waals surface area contributed by atoms with Crippen LogP contribution in [0.5, 0.6) is 0 Å². The second-order valence-corrected chi connectivity index (χ2v) is 7.94. The number of rotatable bonds is 9. The average Bonchev–Trinajstić information content (AvgIpc) is 2.71. The van der Waals surface area contributed by atoms with Crippen molar-refractivity contribution in [2.75, 3.05) is 0 Å². The van der Waals surface area contributed by atoms with Gasteiger partial charge in [-0.1, -0.05) is 61.0 Å². The van der Waals surface area contributed by atoms with E-state index in [1.165, 1.54) is 0 Å². The number of carbonyl (C=O) groups is 2. The van der Waals surface area contributed by atoms with E-state index < -0.39 is 6.04 Å². The third kappa shape index (κ3) is 6.60. The van der Waals surface area contributed by atoms with Crippen LogP contribution in [0.3, 0.4) is 0 Å². The zero-order chi connectivity index (χ0) is 21.4. The van der Waals surface area contributed by atoms with Crippen LogP contribution in [-0.2, 0) is 22.6 Å². The molecule has 2 amide bonds. The van der Waals surface area contributed by atoms with Crippen LogP contribution in [-0.4, -0.2) is 28.8 Å². The van der Waals surface area contributed by atoms with Crippen LogP contribution in [0.4, 0.5) is 0 Å². The zero-order valence-electron chi connectivity index (χ0n) is 17.7. The number of nitrogens with one attached hydrogen (secondary N) is 1. The second kappa shape index (κ2) is 11.0. The fraction of sp³-hybridized carbons (Fsp3) is 0.417. The summed E-state index contributed by atoms with van der Waals surface area (Å²) in [4.78, 5) is 27.6. The van der Waals surface area contributed by atoms with Crippen molar-refractivity contribution in [3.05, 3.63) is 70.2 Å². The zero-order valence-corrected chi connectivity index (χ0v) is 18.5. The molecule has 0 spiro atoms. The van der Waals surface area contributed by atoms with Crippen LogP contribution >= 0.6 is 11.6 Å². The van der Waals surface area contributed by atoms with E-state index in [4.69, 9.17) is 11.6 Å². The maximum atomic E-state index is 13.1. The van der Waals surface area contributed by atoms with E-state index in [0.717, 1.165) is 23.1 Å². The van der Waals surface area contributed by atoms with Gasteiger partial charge in [-0.25, -0.2) is 0 Å². The van der Waals surface area contributed by atoms with Crippen molar-refractivity contribution >= 4 is 23.4 Å². The Balaban J connectivity index is 2.18. The molecule has 0 aliphatic carbocycles. The van der Waals surface area contributed by atoms with Gasteiger partial charge in [0, 0.05) is 24.0 Å². The molecular weight excluding hydrogens is 384 g/mol. The lowest BCUT2D eigenvalue weighted by Crippen LogP contribution is -2.49. The molecule has 0 saturated heterocycles. The number of nitrogens with zero attached hydrogens (tertiary/aromatic N) is 1. The Kier molecular flexibility index (Phi) is 8.71. The predicted molar refractivity (Wildman–Crippen MR) is 119 cm³/mol. The molecule has 0 aliphatic heterocycles. The van der Waals surface area contributed by atoms with E-state index in [9.17, 15) is 9.59 Å². The van der Waals surface area contributed by atoms with Crippen LogP contribution in [0.2, 0.25) is 5.02 Å². The smallest absolute Gasteiger partial charge is 0.242 e. The summed E-state index contributed by atoms with van der Waals surface area (Å²) in [5, 5.41) is 3.65. The Morgan fingerprint density at radius 3 is 2.28 bits per heavy atom. The number of hydrogen-bond acceptors (Lipinski definition) is 2. The normalized spacial score (nSPS) is 12.9. The van der Waals surface area contributed by atoms with E-state index in [1.807, 2.05) is 69.3 Å².